The minimum atomic E-state index is -6.08. The summed E-state index contributed by atoms with van der Waals surface area (Å²) in [4.78, 5) is 10.6. The average molecular weight is 307 g/mol. The SMILES string of the molecule is O=C(OCc1c(F)cccc1Cl)C(F)(F)C(F)(F)F. The molecule has 0 aliphatic carbocycles. The van der Waals surface area contributed by atoms with Gasteiger partial charge in [0.2, 0.25) is 0 Å². The molecule has 0 amide bonds. The minimum absolute atomic E-state index is 0.261. The van der Waals surface area contributed by atoms with Crippen molar-refractivity contribution < 1.29 is 35.9 Å². The molecular formula is C10H5ClF6O2. The molecule has 1 aromatic rings. The molecule has 0 radical (unpaired) electrons. The van der Waals surface area contributed by atoms with E-state index < -0.39 is 36.1 Å². The standard InChI is InChI=1S/C10H5ClF6O2/c11-6-2-1-3-7(12)5(6)4-19-8(18)9(13,14)10(15,16)17/h1-3H,4H2. The van der Waals surface area contributed by atoms with Crippen LogP contribution in [0.2, 0.25) is 5.02 Å². The molecule has 0 bridgehead atoms. The van der Waals surface area contributed by atoms with Crippen molar-refractivity contribution in [2.45, 2.75) is 18.7 Å². The highest BCUT2D eigenvalue weighted by atomic mass is 35.5. The number of esters is 1. The summed E-state index contributed by atoms with van der Waals surface area (Å²) in [6, 6.07) is 3.24. The number of hydrogen-bond acceptors (Lipinski definition) is 2. The van der Waals surface area contributed by atoms with Gasteiger partial charge in [-0.15, -0.1) is 0 Å². The molecule has 1 rings (SSSR count). The molecule has 0 heterocycles. The van der Waals surface area contributed by atoms with Crippen molar-refractivity contribution in [1.29, 1.82) is 0 Å². The summed E-state index contributed by atoms with van der Waals surface area (Å²) in [6.45, 7) is -1.13. The summed E-state index contributed by atoms with van der Waals surface area (Å²) >= 11 is 5.48. The lowest BCUT2D eigenvalue weighted by atomic mass is 10.2. The largest absolute Gasteiger partial charge is 0.465 e. The van der Waals surface area contributed by atoms with Crippen LogP contribution in [0.4, 0.5) is 26.3 Å². The van der Waals surface area contributed by atoms with E-state index in [9.17, 15) is 31.1 Å². The van der Waals surface area contributed by atoms with E-state index in [1.165, 1.54) is 6.07 Å². The first-order valence-electron chi connectivity index (χ1n) is 4.62. The van der Waals surface area contributed by atoms with Gasteiger partial charge in [-0.1, -0.05) is 17.7 Å². The van der Waals surface area contributed by atoms with Crippen LogP contribution in [-0.2, 0) is 16.1 Å². The van der Waals surface area contributed by atoms with Crippen molar-refractivity contribution >= 4 is 17.6 Å². The molecule has 0 aliphatic rings. The van der Waals surface area contributed by atoms with Crippen molar-refractivity contribution in [3.8, 4) is 0 Å². The number of carbonyl (C=O) groups is 1. The lowest BCUT2D eigenvalue weighted by Gasteiger charge is -2.18. The Bertz CT molecular complexity index is 465. The van der Waals surface area contributed by atoms with E-state index in [1.807, 2.05) is 0 Å². The van der Waals surface area contributed by atoms with Crippen molar-refractivity contribution in [1.82, 2.24) is 0 Å². The fourth-order valence-electron chi connectivity index (χ4n) is 1.01. The molecule has 0 saturated carbocycles. The Labute approximate surface area is 107 Å². The zero-order valence-electron chi connectivity index (χ0n) is 8.90. The summed E-state index contributed by atoms with van der Waals surface area (Å²) < 4.78 is 77.3. The van der Waals surface area contributed by atoms with Gasteiger partial charge in [0.05, 0.1) is 5.02 Å². The number of ether oxygens (including phenoxy) is 1. The molecule has 1 aromatic carbocycles. The van der Waals surface area contributed by atoms with Gasteiger partial charge >= 0.3 is 18.1 Å². The van der Waals surface area contributed by atoms with Gasteiger partial charge in [0.1, 0.15) is 12.4 Å². The first-order chi connectivity index (χ1) is 8.57. The molecule has 0 aromatic heterocycles. The molecule has 0 unspecified atom stereocenters. The van der Waals surface area contributed by atoms with E-state index in [2.05, 4.69) is 4.74 Å². The van der Waals surface area contributed by atoms with Crippen LogP contribution < -0.4 is 0 Å². The lowest BCUT2D eigenvalue weighted by molar-refractivity contribution is -0.281. The quantitative estimate of drug-likeness (QED) is 0.628. The molecular weight excluding hydrogens is 302 g/mol. The Balaban J connectivity index is 2.81. The monoisotopic (exact) mass is 306 g/mol. The van der Waals surface area contributed by atoms with Crippen LogP contribution >= 0.6 is 11.6 Å². The fourth-order valence-corrected chi connectivity index (χ4v) is 1.23. The van der Waals surface area contributed by atoms with Crippen LogP contribution in [0, 0.1) is 5.82 Å². The predicted octanol–water partition coefficient (Wildman–Crippen LogP) is 3.72. The molecule has 19 heavy (non-hydrogen) atoms. The number of halogens is 7. The lowest BCUT2D eigenvalue weighted by Crippen LogP contribution is -2.45. The maximum atomic E-state index is 13.1. The van der Waals surface area contributed by atoms with Crippen LogP contribution in [0.3, 0.4) is 0 Å². The first kappa shape index (κ1) is 15.6. The highest BCUT2D eigenvalue weighted by molar-refractivity contribution is 6.31. The maximum Gasteiger partial charge on any atom is 0.465 e. The molecule has 0 atom stereocenters. The van der Waals surface area contributed by atoms with Crippen LogP contribution in [0.5, 0.6) is 0 Å². The first-order valence-corrected chi connectivity index (χ1v) is 5.00. The van der Waals surface area contributed by atoms with Crippen LogP contribution in [0.25, 0.3) is 0 Å². The second-order valence-electron chi connectivity index (χ2n) is 3.35. The van der Waals surface area contributed by atoms with E-state index in [4.69, 9.17) is 11.6 Å². The Morgan fingerprint density at radius 1 is 1.21 bits per heavy atom. The molecule has 0 saturated heterocycles. The third-order valence-electron chi connectivity index (χ3n) is 2.02. The Morgan fingerprint density at radius 2 is 1.79 bits per heavy atom. The maximum absolute atomic E-state index is 13.1. The Kier molecular flexibility index (Phi) is 4.34. The fraction of sp³-hybridized carbons (Fsp3) is 0.300. The Morgan fingerprint density at radius 3 is 2.26 bits per heavy atom. The number of rotatable bonds is 3. The van der Waals surface area contributed by atoms with Gasteiger partial charge in [-0.2, -0.15) is 22.0 Å². The number of alkyl halides is 5. The van der Waals surface area contributed by atoms with Gasteiger partial charge in [-0.05, 0) is 12.1 Å². The molecule has 2 nitrogen and oxygen atoms in total. The topological polar surface area (TPSA) is 26.3 Å². The second-order valence-corrected chi connectivity index (χ2v) is 3.76. The van der Waals surface area contributed by atoms with E-state index in [-0.39, 0.29) is 5.02 Å². The number of benzene rings is 1. The summed E-state index contributed by atoms with van der Waals surface area (Å²) in [7, 11) is 0. The van der Waals surface area contributed by atoms with Crippen LogP contribution in [0.15, 0.2) is 18.2 Å². The van der Waals surface area contributed by atoms with Crippen molar-refractivity contribution in [2.24, 2.45) is 0 Å². The third-order valence-corrected chi connectivity index (χ3v) is 2.38. The molecule has 0 fully saturated rings. The highest BCUT2D eigenvalue weighted by Gasteiger charge is 2.64. The van der Waals surface area contributed by atoms with E-state index in [1.54, 1.807) is 0 Å². The number of carbonyl (C=O) groups excluding carboxylic acids is 1. The average Bonchev–Trinajstić information content (AvgIpc) is 2.26. The summed E-state index contributed by atoms with van der Waals surface area (Å²) in [5, 5.41) is -0.261. The van der Waals surface area contributed by atoms with Crippen LogP contribution in [-0.4, -0.2) is 18.1 Å². The van der Waals surface area contributed by atoms with Crippen LogP contribution in [0.1, 0.15) is 5.56 Å². The number of hydrogen-bond donors (Lipinski definition) is 0. The molecule has 0 N–H and O–H groups in total. The van der Waals surface area contributed by atoms with Crippen molar-refractivity contribution in [3.63, 3.8) is 0 Å². The molecule has 106 valence electrons. The van der Waals surface area contributed by atoms with E-state index in [0.717, 1.165) is 12.1 Å². The minimum Gasteiger partial charge on any atom is -0.456 e. The molecule has 0 aliphatic heterocycles. The van der Waals surface area contributed by atoms with Gasteiger partial charge in [0.15, 0.2) is 0 Å². The predicted molar refractivity (Wildman–Crippen MR) is 52.2 cm³/mol. The van der Waals surface area contributed by atoms with Gasteiger partial charge in [-0.25, -0.2) is 9.18 Å². The zero-order valence-corrected chi connectivity index (χ0v) is 9.66. The summed E-state index contributed by atoms with van der Waals surface area (Å²) in [6.07, 6.45) is -6.08. The highest BCUT2D eigenvalue weighted by Crippen LogP contribution is 2.36. The van der Waals surface area contributed by atoms with Crippen molar-refractivity contribution in [3.05, 3.63) is 34.6 Å². The third kappa shape index (κ3) is 3.31. The van der Waals surface area contributed by atoms with Gasteiger partial charge in [0, 0.05) is 5.56 Å². The zero-order chi connectivity index (χ0) is 14.8. The van der Waals surface area contributed by atoms with Gasteiger partial charge < -0.3 is 4.74 Å². The molecule has 0 spiro atoms. The smallest absolute Gasteiger partial charge is 0.456 e. The molecule has 9 heteroatoms. The van der Waals surface area contributed by atoms with Gasteiger partial charge in [-0.3, -0.25) is 0 Å². The summed E-state index contributed by atoms with van der Waals surface area (Å²) in [5.41, 5.74) is -0.490. The van der Waals surface area contributed by atoms with E-state index in [0.29, 0.717) is 0 Å². The Hall–Kier alpha value is -1.44. The summed E-state index contributed by atoms with van der Waals surface area (Å²) in [5.74, 6) is -9.47. The van der Waals surface area contributed by atoms with Gasteiger partial charge in [0.25, 0.3) is 0 Å². The second kappa shape index (κ2) is 5.28. The normalized spacial score (nSPS) is 12.4. The van der Waals surface area contributed by atoms with E-state index >= 15 is 0 Å². The van der Waals surface area contributed by atoms with Crippen molar-refractivity contribution in [2.75, 3.05) is 0 Å².